The van der Waals surface area contributed by atoms with E-state index >= 15 is 0 Å². The van der Waals surface area contributed by atoms with Gasteiger partial charge in [-0.15, -0.1) is 0 Å². The summed E-state index contributed by atoms with van der Waals surface area (Å²) in [7, 11) is 1.64. The molecule has 0 aromatic heterocycles. The zero-order chi connectivity index (χ0) is 29.7. The van der Waals surface area contributed by atoms with Gasteiger partial charge >= 0.3 is 0 Å². The second kappa shape index (κ2) is 13.4. The van der Waals surface area contributed by atoms with Crippen LogP contribution in [0, 0.1) is 5.92 Å². The molecule has 9 nitrogen and oxygen atoms in total. The van der Waals surface area contributed by atoms with Gasteiger partial charge in [0.05, 0.1) is 6.04 Å². The van der Waals surface area contributed by atoms with Crippen molar-refractivity contribution in [2.75, 3.05) is 13.6 Å². The van der Waals surface area contributed by atoms with Crippen LogP contribution in [-0.4, -0.2) is 71.6 Å². The molecule has 1 heterocycles. The topological polar surface area (TPSA) is 123 Å². The average Bonchev–Trinajstić information content (AvgIpc) is 3.79. The molecule has 222 valence electrons. The molecular formula is C32H45N4O5+. The van der Waals surface area contributed by atoms with Gasteiger partial charge in [0.25, 0.3) is 5.75 Å². The second-order valence-corrected chi connectivity index (χ2v) is 11.7. The Morgan fingerprint density at radius 3 is 2.29 bits per heavy atom. The fraction of sp³-hybridized carbons (Fsp3) is 0.531. The Labute approximate surface area is 243 Å². The third kappa shape index (κ3) is 7.79. The summed E-state index contributed by atoms with van der Waals surface area (Å²) in [5, 5.41) is 17.3. The summed E-state index contributed by atoms with van der Waals surface area (Å²) in [6.07, 6.45) is 3.16. The van der Waals surface area contributed by atoms with Crippen molar-refractivity contribution in [2.24, 2.45) is 5.92 Å². The van der Waals surface area contributed by atoms with Gasteiger partial charge in [0.2, 0.25) is 17.7 Å². The van der Waals surface area contributed by atoms with E-state index in [4.69, 9.17) is 9.84 Å². The molecule has 0 bridgehead atoms. The van der Waals surface area contributed by atoms with Gasteiger partial charge in [0.1, 0.15) is 23.9 Å². The van der Waals surface area contributed by atoms with E-state index in [-0.39, 0.29) is 41.7 Å². The Morgan fingerprint density at radius 1 is 0.927 bits per heavy atom. The van der Waals surface area contributed by atoms with Crippen LogP contribution in [0.25, 0.3) is 0 Å². The third-order valence-electron chi connectivity index (χ3n) is 8.35. The summed E-state index contributed by atoms with van der Waals surface area (Å²) in [5.74, 6) is 0.229. The minimum Gasteiger partial charge on any atom is -0.593 e. The number of para-hydroxylation sites is 1. The fourth-order valence-electron chi connectivity index (χ4n) is 5.30. The number of hydrogen-bond donors (Lipinski definition) is 3. The molecular weight excluding hydrogens is 520 g/mol. The van der Waals surface area contributed by atoms with Gasteiger partial charge in [-0.3, -0.25) is 14.4 Å². The van der Waals surface area contributed by atoms with Gasteiger partial charge in [-0.05, 0) is 81.7 Å². The number of aryl methyl sites for hydroxylation is 1. The number of hydrogen-bond acceptors (Lipinski definition) is 5. The van der Waals surface area contributed by atoms with Crippen LogP contribution in [0.15, 0.2) is 48.5 Å². The number of likely N-dealkylation sites (N-methyl/N-ethyl adjacent to an activating group) is 1. The first-order chi connectivity index (χ1) is 19.5. The van der Waals surface area contributed by atoms with Crippen molar-refractivity contribution in [1.82, 2.24) is 20.9 Å². The summed E-state index contributed by atoms with van der Waals surface area (Å²) < 4.78 is 6.30. The third-order valence-corrected chi connectivity index (χ3v) is 8.35. The van der Waals surface area contributed by atoms with Crippen LogP contribution in [-0.2, 0) is 20.8 Å². The fourth-order valence-corrected chi connectivity index (χ4v) is 5.30. The van der Waals surface area contributed by atoms with Crippen molar-refractivity contribution >= 4 is 17.7 Å². The van der Waals surface area contributed by atoms with E-state index in [2.05, 4.69) is 16.0 Å². The lowest BCUT2D eigenvalue weighted by atomic mass is 9.91. The van der Waals surface area contributed by atoms with Crippen LogP contribution in [0.5, 0.6) is 11.5 Å². The molecule has 1 aliphatic carbocycles. The lowest BCUT2D eigenvalue weighted by molar-refractivity contribution is -0.141. The number of carbonyl (C=O) groups is 3. The number of fused-ring (bicyclic) bond motifs is 1. The lowest BCUT2D eigenvalue weighted by Crippen LogP contribution is -2.58. The number of benzene rings is 2. The van der Waals surface area contributed by atoms with Crippen LogP contribution >= 0.6 is 0 Å². The highest BCUT2D eigenvalue weighted by molar-refractivity contribution is 5.93. The molecule has 1 fully saturated rings. The lowest BCUT2D eigenvalue weighted by Gasteiger charge is -2.32. The van der Waals surface area contributed by atoms with E-state index in [0.29, 0.717) is 25.1 Å². The monoisotopic (exact) mass is 565 g/mol. The highest BCUT2D eigenvalue weighted by Gasteiger charge is 2.40. The summed E-state index contributed by atoms with van der Waals surface area (Å²) in [5.41, 5.74) is 1.89. The smallest absolute Gasteiger partial charge is 0.253 e. The van der Waals surface area contributed by atoms with E-state index in [1.54, 1.807) is 26.1 Å². The molecule has 4 rings (SSSR count). The highest BCUT2D eigenvalue weighted by atomic mass is 16.5. The molecule has 2 aromatic carbocycles. The molecule has 6 atom stereocenters. The normalized spacial score (nSPS) is 27.9. The predicted octanol–water partition coefficient (Wildman–Crippen LogP) is 2.85. The minimum atomic E-state index is -0.861. The van der Waals surface area contributed by atoms with Crippen LogP contribution in [0.1, 0.15) is 64.0 Å². The molecule has 9 heteroatoms. The molecule has 0 saturated heterocycles. The number of nitrogens with one attached hydrogen (secondary N) is 3. The SMILES string of the molecule is CC(c1ccc([OH2+])cc1)[C@H]1NC(=O)[C@@H](C)N(C)C(=O)[C@H](C2CC2)NC[C@@H](C)Oc2ccccc2CC[C@H](C)NC1=O. The van der Waals surface area contributed by atoms with Crippen LogP contribution in [0.4, 0.5) is 0 Å². The van der Waals surface area contributed by atoms with Crippen LogP contribution < -0.4 is 20.7 Å². The van der Waals surface area contributed by atoms with E-state index < -0.39 is 18.1 Å². The van der Waals surface area contributed by atoms with Crippen LogP contribution in [0.2, 0.25) is 0 Å². The zero-order valence-electron chi connectivity index (χ0n) is 24.8. The molecule has 2 aliphatic rings. The average molecular weight is 566 g/mol. The summed E-state index contributed by atoms with van der Waals surface area (Å²) >= 11 is 0. The molecule has 3 amide bonds. The van der Waals surface area contributed by atoms with E-state index in [1.165, 1.54) is 4.90 Å². The molecule has 1 aliphatic heterocycles. The number of amides is 3. The Bertz CT molecular complexity index is 1210. The van der Waals surface area contributed by atoms with Gasteiger partial charge in [0, 0.05) is 37.7 Å². The number of nitrogens with zero attached hydrogens (tertiary/aromatic N) is 1. The van der Waals surface area contributed by atoms with Gasteiger partial charge < -0.3 is 30.7 Å². The van der Waals surface area contributed by atoms with E-state index in [9.17, 15) is 14.4 Å². The maximum Gasteiger partial charge on any atom is 0.253 e. The molecule has 1 unspecified atom stereocenters. The first-order valence-electron chi connectivity index (χ1n) is 14.7. The second-order valence-electron chi connectivity index (χ2n) is 11.7. The molecule has 0 spiro atoms. The first kappa shape index (κ1) is 30.4. The van der Waals surface area contributed by atoms with Gasteiger partial charge in [-0.1, -0.05) is 25.1 Å². The zero-order valence-corrected chi connectivity index (χ0v) is 24.8. The molecule has 5 N–H and O–H groups in total. The van der Waals surface area contributed by atoms with Crippen molar-refractivity contribution in [3.63, 3.8) is 0 Å². The quantitative estimate of drug-likeness (QED) is 0.494. The van der Waals surface area contributed by atoms with Crippen molar-refractivity contribution in [3.05, 3.63) is 59.7 Å². The predicted molar refractivity (Wildman–Crippen MR) is 159 cm³/mol. The van der Waals surface area contributed by atoms with E-state index in [0.717, 1.165) is 29.7 Å². The number of rotatable bonds is 3. The van der Waals surface area contributed by atoms with Gasteiger partial charge in [0.15, 0.2) is 0 Å². The highest BCUT2D eigenvalue weighted by Crippen LogP contribution is 2.34. The van der Waals surface area contributed by atoms with Gasteiger partial charge in [-0.25, -0.2) is 0 Å². The van der Waals surface area contributed by atoms with Crippen LogP contribution in [0.3, 0.4) is 0 Å². The van der Waals surface area contributed by atoms with Crippen molar-refractivity contribution in [1.29, 1.82) is 0 Å². The van der Waals surface area contributed by atoms with E-state index in [1.807, 2.05) is 57.2 Å². The number of carbonyl (C=O) groups excluding carboxylic acids is 3. The Morgan fingerprint density at radius 2 is 1.61 bits per heavy atom. The molecule has 41 heavy (non-hydrogen) atoms. The largest absolute Gasteiger partial charge is 0.593 e. The van der Waals surface area contributed by atoms with Crippen molar-refractivity contribution < 1.29 is 24.2 Å². The Kier molecular flexibility index (Phi) is 9.91. The van der Waals surface area contributed by atoms with Crippen molar-refractivity contribution in [2.45, 2.75) is 89.6 Å². The summed E-state index contributed by atoms with van der Waals surface area (Å²) in [4.78, 5) is 42.3. The molecule has 1 saturated carbocycles. The number of ether oxygens (including phenoxy) is 1. The first-order valence-corrected chi connectivity index (χ1v) is 14.7. The molecule has 2 aromatic rings. The maximum absolute atomic E-state index is 13.7. The Balaban J connectivity index is 1.63. The molecule has 0 radical (unpaired) electrons. The maximum atomic E-state index is 13.7. The summed E-state index contributed by atoms with van der Waals surface area (Å²) in [6.45, 7) is 8.02. The summed E-state index contributed by atoms with van der Waals surface area (Å²) in [6, 6.07) is 12.7. The van der Waals surface area contributed by atoms with Gasteiger partial charge in [-0.2, -0.15) is 0 Å². The van der Waals surface area contributed by atoms with Crippen molar-refractivity contribution in [3.8, 4) is 11.5 Å². The Hall–Kier alpha value is -3.59. The minimum absolute atomic E-state index is 0.141. The standard InChI is InChI=1S/C32H44N4O5/c1-19-10-11-24-8-6-7-9-27(24)41-20(2)18-33-29(25-12-13-25)32(40)36(5)22(4)30(38)35-28(31(39)34-19)21(3)23-14-16-26(37)17-15-23/h6-9,14-17,19-22,25,28-29,33,37H,10-13,18H2,1-5H3,(H,34,39)(H,35,38)/p+1/t19-,20+,21?,22+,28+,29-/m0/s1.